The Morgan fingerprint density at radius 1 is 1.16 bits per heavy atom. The first-order valence-corrected chi connectivity index (χ1v) is 9.39. The molecule has 1 aromatic heterocycles. The number of ketones is 1. The van der Waals surface area contributed by atoms with Crippen molar-refractivity contribution in [1.29, 1.82) is 0 Å². The third-order valence-corrected chi connectivity index (χ3v) is 4.65. The van der Waals surface area contributed by atoms with Gasteiger partial charge in [0.15, 0.2) is 17.3 Å². The lowest BCUT2D eigenvalue weighted by Crippen LogP contribution is -2.11. The van der Waals surface area contributed by atoms with Gasteiger partial charge >= 0.3 is 6.18 Å². The van der Waals surface area contributed by atoms with Crippen molar-refractivity contribution in [2.45, 2.75) is 26.6 Å². The number of H-pyrrole nitrogens is 1. The standard InChI is InChI=1S/C23H21F3N2O3/c1-14(29)10-18(19-12-27-28-15(19)2)16-8-9-21(22(11-16)30-3)31-13-17-6-4-5-7-20(17)23(24,25)26/h4-12H,13H2,1-3H3,(H,27,28)/b18-10-. The van der Waals surface area contributed by atoms with Gasteiger partial charge < -0.3 is 9.47 Å². The first-order valence-electron chi connectivity index (χ1n) is 9.39. The number of rotatable bonds is 7. The summed E-state index contributed by atoms with van der Waals surface area (Å²) < 4.78 is 50.7. The SMILES string of the molecule is COc1cc(/C(=C/C(C)=O)c2cn[nH]c2C)ccc1OCc1ccccc1C(F)(F)F. The van der Waals surface area contributed by atoms with Crippen molar-refractivity contribution in [3.8, 4) is 11.5 Å². The Bertz CT molecular complexity index is 1120. The van der Waals surface area contributed by atoms with E-state index in [1.165, 1.54) is 38.3 Å². The summed E-state index contributed by atoms with van der Waals surface area (Å²) in [6.07, 6.45) is -1.36. The highest BCUT2D eigenvalue weighted by molar-refractivity contribution is 5.99. The van der Waals surface area contributed by atoms with Gasteiger partial charge in [-0.1, -0.05) is 24.3 Å². The molecule has 2 aromatic carbocycles. The fraction of sp³-hybridized carbons (Fsp3) is 0.217. The number of allylic oxidation sites excluding steroid dienone is 1. The zero-order valence-corrected chi connectivity index (χ0v) is 17.2. The number of hydrogen-bond acceptors (Lipinski definition) is 4. The van der Waals surface area contributed by atoms with Crippen molar-refractivity contribution >= 4 is 11.4 Å². The minimum Gasteiger partial charge on any atom is -0.493 e. The maximum Gasteiger partial charge on any atom is 0.416 e. The van der Waals surface area contributed by atoms with Crippen LogP contribution in [0.15, 0.2) is 54.7 Å². The Hall–Kier alpha value is -3.55. The summed E-state index contributed by atoms with van der Waals surface area (Å²) in [6, 6.07) is 10.3. The smallest absolute Gasteiger partial charge is 0.416 e. The van der Waals surface area contributed by atoms with Crippen molar-refractivity contribution in [2.24, 2.45) is 0 Å². The minimum atomic E-state index is -4.47. The van der Waals surface area contributed by atoms with Gasteiger partial charge in [-0.05, 0) is 49.3 Å². The highest BCUT2D eigenvalue weighted by Crippen LogP contribution is 2.36. The van der Waals surface area contributed by atoms with Gasteiger partial charge in [-0.25, -0.2) is 0 Å². The van der Waals surface area contributed by atoms with Crippen molar-refractivity contribution in [3.63, 3.8) is 0 Å². The topological polar surface area (TPSA) is 64.2 Å². The molecule has 5 nitrogen and oxygen atoms in total. The maximum absolute atomic E-state index is 13.2. The van der Waals surface area contributed by atoms with Gasteiger partial charge in [-0.3, -0.25) is 9.89 Å². The summed E-state index contributed by atoms with van der Waals surface area (Å²) >= 11 is 0. The van der Waals surface area contributed by atoms with E-state index in [-0.39, 0.29) is 23.7 Å². The van der Waals surface area contributed by atoms with Gasteiger partial charge in [-0.15, -0.1) is 0 Å². The third kappa shape index (κ3) is 5.14. The van der Waals surface area contributed by atoms with E-state index in [4.69, 9.17) is 9.47 Å². The Labute approximate surface area is 177 Å². The predicted octanol–water partition coefficient (Wildman–Crippen LogP) is 5.35. The van der Waals surface area contributed by atoms with Crippen LogP contribution in [-0.4, -0.2) is 23.1 Å². The van der Waals surface area contributed by atoms with Gasteiger partial charge in [0, 0.05) is 16.8 Å². The lowest BCUT2D eigenvalue weighted by atomic mass is 9.97. The lowest BCUT2D eigenvalue weighted by molar-refractivity contribution is -0.138. The lowest BCUT2D eigenvalue weighted by Gasteiger charge is -2.16. The number of aryl methyl sites for hydroxylation is 1. The Morgan fingerprint density at radius 2 is 1.90 bits per heavy atom. The molecule has 0 amide bonds. The zero-order valence-electron chi connectivity index (χ0n) is 17.2. The van der Waals surface area contributed by atoms with E-state index < -0.39 is 11.7 Å². The van der Waals surface area contributed by atoms with E-state index in [0.29, 0.717) is 16.9 Å². The average Bonchev–Trinajstić information content (AvgIpc) is 3.15. The molecule has 0 radical (unpaired) electrons. The normalized spacial score (nSPS) is 12.0. The largest absolute Gasteiger partial charge is 0.493 e. The molecule has 0 bridgehead atoms. The average molecular weight is 430 g/mol. The number of methoxy groups -OCH3 is 1. The summed E-state index contributed by atoms with van der Waals surface area (Å²) in [6.45, 7) is 3.01. The van der Waals surface area contributed by atoms with Crippen LogP contribution in [0.25, 0.3) is 5.57 Å². The number of carbonyl (C=O) groups is 1. The second kappa shape index (κ2) is 9.07. The van der Waals surface area contributed by atoms with Crippen molar-refractivity contribution in [1.82, 2.24) is 10.2 Å². The van der Waals surface area contributed by atoms with E-state index in [2.05, 4.69) is 10.2 Å². The molecule has 0 saturated heterocycles. The Morgan fingerprint density at radius 3 is 2.52 bits per heavy atom. The molecular weight excluding hydrogens is 409 g/mol. The van der Waals surface area contributed by atoms with Crippen LogP contribution in [0, 0.1) is 6.92 Å². The molecule has 0 aliphatic heterocycles. The van der Waals surface area contributed by atoms with Crippen LogP contribution >= 0.6 is 0 Å². The summed E-state index contributed by atoms with van der Waals surface area (Å²) in [7, 11) is 1.44. The highest BCUT2D eigenvalue weighted by atomic mass is 19.4. The van der Waals surface area contributed by atoms with Crippen LogP contribution in [0.5, 0.6) is 11.5 Å². The number of nitrogens with one attached hydrogen (secondary N) is 1. The fourth-order valence-corrected chi connectivity index (χ4v) is 3.17. The van der Waals surface area contributed by atoms with Crippen LogP contribution in [0.2, 0.25) is 0 Å². The molecule has 0 spiro atoms. The number of halogens is 3. The number of benzene rings is 2. The maximum atomic E-state index is 13.2. The first-order chi connectivity index (χ1) is 14.7. The van der Waals surface area contributed by atoms with E-state index in [9.17, 15) is 18.0 Å². The molecule has 162 valence electrons. The van der Waals surface area contributed by atoms with Crippen molar-refractivity contribution in [3.05, 3.63) is 82.7 Å². The Kier molecular flexibility index (Phi) is 6.48. The fourth-order valence-electron chi connectivity index (χ4n) is 3.17. The van der Waals surface area contributed by atoms with Crippen molar-refractivity contribution in [2.75, 3.05) is 7.11 Å². The number of aromatic amines is 1. The van der Waals surface area contributed by atoms with E-state index >= 15 is 0 Å². The number of carbonyl (C=O) groups excluding carboxylic acids is 1. The van der Waals surface area contributed by atoms with Crippen LogP contribution in [0.4, 0.5) is 13.2 Å². The predicted molar refractivity (Wildman–Crippen MR) is 110 cm³/mol. The van der Waals surface area contributed by atoms with Gasteiger partial charge in [0.2, 0.25) is 0 Å². The molecule has 3 rings (SSSR count). The van der Waals surface area contributed by atoms with Crippen LogP contribution < -0.4 is 9.47 Å². The van der Waals surface area contributed by atoms with E-state index in [1.54, 1.807) is 24.4 Å². The van der Waals surface area contributed by atoms with Crippen LogP contribution in [0.3, 0.4) is 0 Å². The highest BCUT2D eigenvalue weighted by Gasteiger charge is 2.33. The molecule has 3 aromatic rings. The van der Waals surface area contributed by atoms with Gasteiger partial charge in [0.05, 0.1) is 18.9 Å². The molecule has 31 heavy (non-hydrogen) atoms. The third-order valence-electron chi connectivity index (χ3n) is 4.65. The summed E-state index contributed by atoms with van der Waals surface area (Å²) in [5.74, 6) is 0.477. The molecule has 8 heteroatoms. The molecule has 0 fully saturated rings. The number of hydrogen-bond donors (Lipinski definition) is 1. The zero-order chi connectivity index (χ0) is 22.6. The number of alkyl halides is 3. The minimum absolute atomic E-state index is 0.0207. The monoisotopic (exact) mass is 430 g/mol. The van der Waals surface area contributed by atoms with E-state index in [1.807, 2.05) is 6.92 Å². The van der Waals surface area contributed by atoms with Gasteiger partial charge in [-0.2, -0.15) is 18.3 Å². The molecule has 0 atom stereocenters. The number of ether oxygens (including phenoxy) is 2. The number of aromatic nitrogens is 2. The number of nitrogens with zero attached hydrogens (tertiary/aromatic N) is 1. The first kappa shape index (κ1) is 22.1. The van der Waals surface area contributed by atoms with Crippen LogP contribution in [0.1, 0.15) is 34.9 Å². The molecule has 1 N–H and O–H groups in total. The summed E-state index contributed by atoms with van der Waals surface area (Å²) in [5, 5.41) is 6.84. The summed E-state index contributed by atoms with van der Waals surface area (Å²) in [4.78, 5) is 11.8. The second-order valence-corrected chi connectivity index (χ2v) is 6.89. The van der Waals surface area contributed by atoms with E-state index in [0.717, 1.165) is 17.3 Å². The Balaban J connectivity index is 1.92. The van der Waals surface area contributed by atoms with Crippen molar-refractivity contribution < 1.29 is 27.4 Å². The molecular formula is C23H21F3N2O3. The van der Waals surface area contributed by atoms with Gasteiger partial charge in [0.25, 0.3) is 0 Å². The molecule has 0 aliphatic rings. The molecule has 1 heterocycles. The van der Waals surface area contributed by atoms with Crippen LogP contribution in [-0.2, 0) is 17.6 Å². The van der Waals surface area contributed by atoms with Gasteiger partial charge in [0.1, 0.15) is 6.61 Å². The quantitative estimate of drug-likeness (QED) is 0.514. The molecule has 0 unspecified atom stereocenters. The summed E-state index contributed by atoms with van der Waals surface area (Å²) in [5.41, 5.74) is 2.14. The molecule has 0 saturated carbocycles. The molecule has 0 aliphatic carbocycles. The second-order valence-electron chi connectivity index (χ2n) is 6.89.